The van der Waals surface area contributed by atoms with Crippen LogP contribution in [0.1, 0.15) is 43.2 Å². The van der Waals surface area contributed by atoms with Crippen molar-refractivity contribution in [3.8, 4) is 11.5 Å². The number of hydrogen-bond donors (Lipinski definition) is 1. The number of carbonyl (C=O) groups is 2. The molecule has 0 radical (unpaired) electrons. The van der Waals surface area contributed by atoms with Gasteiger partial charge in [-0.2, -0.15) is 0 Å². The fourth-order valence-electron chi connectivity index (χ4n) is 4.51. The van der Waals surface area contributed by atoms with Crippen molar-refractivity contribution in [3.63, 3.8) is 0 Å². The molecule has 0 spiro atoms. The number of Topliss-reactive ketones (excluding diaryl/α,β-unsaturated/α-hetero) is 1. The van der Waals surface area contributed by atoms with Crippen LogP contribution in [-0.2, 0) is 20.9 Å². The molecule has 7 heteroatoms. The number of benzene rings is 2. The van der Waals surface area contributed by atoms with Gasteiger partial charge in [0.1, 0.15) is 18.1 Å². The van der Waals surface area contributed by atoms with E-state index in [2.05, 4.69) is 21.2 Å². The predicted octanol–water partition coefficient (Wildman–Crippen LogP) is 5.18. The van der Waals surface area contributed by atoms with Crippen LogP contribution in [0, 0.1) is 0 Å². The molecule has 2 aliphatic rings. The SMILES string of the molecule is COC(=O)C1=C(C)NC2=C(C(=O)CCC2)[C@@H]1c1ccc(OC)c(COc2cccc(Br)c2)c1. The van der Waals surface area contributed by atoms with E-state index in [9.17, 15) is 9.59 Å². The summed E-state index contributed by atoms with van der Waals surface area (Å²) >= 11 is 3.45. The van der Waals surface area contributed by atoms with E-state index in [4.69, 9.17) is 14.2 Å². The van der Waals surface area contributed by atoms with Crippen molar-refractivity contribution in [1.82, 2.24) is 5.32 Å². The summed E-state index contributed by atoms with van der Waals surface area (Å²) in [5.41, 5.74) is 4.35. The summed E-state index contributed by atoms with van der Waals surface area (Å²) in [6.45, 7) is 2.12. The zero-order valence-electron chi connectivity index (χ0n) is 18.9. The van der Waals surface area contributed by atoms with Crippen LogP contribution in [0.15, 0.2) is 69.5 Å². The van der Waals surface area contributed by atoms with Crippen molar-refractivity contribution in [1.29, 1.82) is 0 Å². The smallest absolute Gasteiger partial charge is 0.336 e. The number of nitrogens with one attached hydrogen (secondary N) is 1. The second kappa shape index (κ2) is 9.83. The number of allylic oxidation sites excluding steroid dienone is 3. The lowest BCUT2D eigenvalue weighted by Crippen LogP contribution is -2.34. The van der Waals surface area contributed by atoms with Crippen LogP contribution in [0.2, 0.25) is 0 Å². The van der Waals surface area contributed by atoms with Gasteiger partial charge in [0.25, 0.3) is 0 Å². The first kappa shape index (κ1) is 23.1. The third kappa shape index (κ3) is 4.69. The third-order valence-electron chi connectivity index (χ3n) is 6.01. The minimum Gasteiger partial charge on any atom is -0.496 e. The molecule has 172 valence electrons. The lowest BCUT2D eigenvalue weighted by molar-refractivity contribution is -0.136. The van der Waals surface area contributed by atoms with Crippen molar-refractivity contribution in [2.75, 3.05) is 14.2 Å². The van der Waals surface area contributed by atoms with E-state index >= 15 is 0 Å². The molecule has 0 amide bonds. The standard InChI is InChI=1S/C26H26BrNO5/c1-15-23(26(30)32-3)24(25-20(28-15)8-5-9-21(25)29)16-10-11-22(31-2)17(12-16)14-33-19-7-4-6-18(27)13-19/h4,6-7,10-13,24,28H,5,8-9,14H2,1-3H3/t24-/m1/s1. The summed E-state index contributed by atoms with van der Waals surface area (Å²) in [4.78, 5) is 25.8. The van der Waals surface area contributed by atoms with Crippen LogP contribution in [0.3, 0.4) is 0 Å². The molecule has 1 atom stereocenters. The van der Waals surface area contributed by atoms with Crippen molar-refractivity contribution in [3.05, 3.63) is 80.6 Å². The number of ether oxygens (including phenoxy) is 3. The molecule has 33 heavy (non-hydrogen) atoms. The Labute approximate surface area is 201 Å². The van der Waals surface area contributed by atoms with Crippen LogP contribution in [-0.4, -0.2) is 26.0 Å². The fourth-order valence-corrected chi connectivity index (χ4v) is 4.88. The maximum Gasteiger partial charge on any atom is 0.336 e. The molecule has 0 bridgehead atoms. The quantitative estimate of drug-likeness (QED) is 0.538. The highest BCUT2D eigenvalue weighted by Gasteiger charge is 2.39. The Morgan fingerprint density at radius 2 is 1.97 bits per heavy atom. The second-order valence-electron chi connectivity index (χ2n) is 8.07. The molecule has 1 aliphatic heterocycles. The molecule has 2 aromatic carbocycles. The molecule has 2 aromatic rings. The fraction of sp³-hybridized carbons (Fsp3) is 0.308. The number of ketones is 1. The van der Waals surface area contributed by atoms with Gasteiger partial charge < -0.3 is 19.5 Å². The zero-order valence-corrected chi connectivity index (χ0v) is 20.5. The summed E-state index contributed by atoms with van der Waals surface area (Å²) in [6.07, 6.45) is 2.05. The Morgan fingerprint density at radius 1 is 1.15 bits per heavy atom. The Kier molecular flexibility index (Phi) is 6.88. The maximum absolute atomic E-state index is 13.0. The average molecular weight is 512 g/mol. The Balaban J connectivity index is 1.76. The lowest BCUT2D eigenvalue weighted by Gasteiger charge is -2.34. The summed E-state index contributed by atoms with van der Waals surface area (Å²) in [5.74, 6) is 0.504. The van der Waals surface area contributed by atoms with Gasteiger partial charge >= 0.3 is 5.97 Å². The van der Waals surface area contributed by atoms with Gasteiger partial charge in [0.15, 0.2) is 5.78 Å². The van der Waals surface area contributed by atoms with Gasteiger partial charge in [-0.1, -0.05) is 28.1 Å². The van der Waals surface area contributed by atoms with Gasteiger partial charge in [-0.05, 0) is 55.7 Å². The van der Waals surface area contributed by atoms with Gasteiger partial charge in [0.05, 0.1) is 19.8 Å². The number of hydrogen-bond acceptors (Lipinski definition) is 6. The molecule has 4 rings (SSSR count). The van der Waals surface area contributed by atoms with E-state index in [0.717, 1.165) is 39.9 Å². The van der Waals surface area contributed by atoms with E-state index in [1.165, 1.54) is 7.11 Å². The number of rotatable bonds is 6. The van der Waals surface area contributed by atoms with Crippen LogP contribution in [0.5, 0.6) is 11.5 Å². The Hall–Kier alpha value is -3.06. The third-order valence-corrected chi connectivity index (χ3v) is 6.50. The molecule has 1 N–H and O–H groups in total. The minimum atomic E-state index is -0.503. The maximum atomic E-state index is 13.0. The molecule has 1 aliphatic carbocycles. The molecule has 1 heterocycles. The lowest BCUT2D eigenvalue weighted by atomic mass is 9.75. The number of methoxy groups -OCH3 is 2. The van der Waals surface area contributed by atoms with Crippen LogP contribution >= 0.6 is 15.9 Å². The van der Waals surface area contributed by atoms with Crippen LogP contribution in [0.4, 0.5) is 0 Å². The van der Waals surface area contributed by atoms with Crippen molar-refractivity contribution >= 4 is 27.7 Å². The number of dihydropyridines is 1. The molecule has 6 nitrogen and oxygen atoms in total. The minimum absolute atomic E-state index is 0.0606. The first-order valence-electron chi connectivity index (χ1n) is 10.8. The topological polar surface area (TPSA) is 73.9 Å². The summed E-state index contributed by atoms with van der Waals surface area (Å²) < 4.78 is 17.6. The first-order valence-corrected chi connectivity index (χ1v) is 11.6. The molecular weight excluding hydrogens is 486 g/mol. The van der Waals surface area contributed by atoms with Crippen molar-refractivity contribution < 1.29 is 23.8 Å². The molecule has 0 fully saturated rings. The van der Waals surface area contributed by atoms with Crippen LogP contribution < -0.4 is 14.8 Å². The van der Waals surface area contributed by atoms with E-state index in [1.807, 2.05) is 49.4 Å². The summed E-state index contributed by atoms with van der Waals surface area (Å²) in [7, 11) is 2.97. The van der Waals surface area contributed by atoms with Gasteiger partial charge in [0, 0.05) is 39.3 Å². The van der Waals surface area contributed by atoms with Gasteiger partial charge in [-0.15, -0.1) is 0 Å². The monoisotopic (exact) mass is 511 g/mol. The molecule has 0 saturated carbocycles. The second-order valence-corrected chi connectivity index (χ2v) is 8.99. The predicted molar refractivity (Wildman–Crippen MR) is 128 cm³/mol. The number of carbonyl (C=O) groups excluding carboxylic acids is 2. The summed E-state index contributed by atoms with van der Waals surface area (Å²) in [5, 5.41) is 3.29. The van der Waals surface area contributed by atoms with Gasteiger partial charge in [-0.25, -0.2) is 4.79 Å². The number of halogens is 1. The highest BCUT2D eigenvalue weighted by molar-refractivity contribution is 9.10. The molecular formula is C26H26BrNO5. The van der Waals surface area contributed by atoms with E-state index < -0.39 is 11.9 Å². The highest BCUT2D eigenvalue weighted by Crippen LogP contribution is 2.43. The van der Waals surface area contributed by atoms with Gasteiger partial charge in [0.2, 0.25) is 0 Å². The first-order chi connectivity index (χ1) is 15.9. The van der Waals surface area contributed by atoms with Gasteiger partial charge in [-0.3, -0.25) is 4.79 Å². The number of esters is 1. The Bertz CT molecular complexity index is 1170. The molecule has 0 saturated heterocycles. The van der Waals surface area contributed by atoms with E-state index in [-0.39, 0.29) is 12.4 Å². The van der Waals surface area contributed by atoms with Crippen molar-refractivity contribution in [2.24, 2.45) is 0 Å². The molecule has 0 unspecified atom stereocenters. The highest BCUT2D eigenvalue weighted by atomic mass is 79.9. The average Bonchev–Trinajstić information content (AvgIpc) is 2.81. The van der Waals surface area contributed by atoms with Crippen LogP contribution in [0.25, 0.3) is 0 Å². The largest absolute Gasteiger partial charge is 0.496 e. The normalized spacial score (nSPS) is 17.9. The summed E-state index contributed by atoms with van der Waals surface area (Å²) in [6, 6.07) is 13.3. The van der Waals surface area contributed by atoms with E-state index in [0.29, 0.717) is 29.0 Å². The van der Waals surface area contributed by atoms with Crippen molar-refractivity contribution in [2.45, 2.75) is 38.7 Å². The zero-order chi connectivity index (χ0) is 23.5. The van der Waals surface area contributed by atoms with E-state index in [1.54, 1.807) is 7.11 Å². The molecule has 0 aromatic heterocycles. The Morgan fingerprint density at radius 3 is 2.70 bits per heavy atom.